The second-order valence-corrected chi connectivity index (χ2v) is 11.0. The average molecular weight is 487 g/mol. The highest BCUT2D eigenvalue weighted by Gasteiger charge is 2.26. The highest BCUT2D eigenvalue weighted by molar-refractivity contribution is 7.98. The van der Waals surface area contributed by atoms with Gasteiger partial charge in [-0.3, -0.25) is 9.36 Å². The number of benzene rings is 3. The molecule has 1 aliphatic rings. The number of halogens is 1. The van der Waals surface area contributed by atoms with Crippen LogP contribution in [0.3, 0.4) is 0 Å². The van der Waals surface area contributed by atoms with Crippen molar-refractivity contribution in [2.24, 2.45) is 5.92 Å². The maximum atomic E-state index is 14.9. The van der Waals surface area contributed by atoms with Gasteiger partial charge in [0.1, 0.15) is 10.6 Å². The molecule has 0 radical (unpaired) electrons. The Bertz CT molecular complexity index is 1600. The van der Waals surface area contributed by atoms with E-state index < -0.39 is 5.82 Å². The van der Waals surface area contributed by atoms with E-state index in [-0.39, 0.29) is 11.2 Å². The van der Waals surface area contributed by atoms with Gasteiger partial charge >= 0.3 is 0 Å². The molecule has 0 saturated heterocycles. The number of fused-ring (bicyclic) bond motifs is 4. The molecule has 1 atom stereocenters. The molecule has 0 saturated carbocycles. The van der Waals surface area contributed by atoms with Gasteiger partial charge in [0, 0.05) is 10.6 Å². The van der Waals surface area contributed by atoms with Crippen molar-refractivity contribution >= 4 is 44.1 Å². The summed E-state index contributed by atoms with van der Waals surface area (Å²) in [4.78, 5) is 20.9. The van der Waals surface area contributed by atoms with E-state index >= 15 is 0 Å². The number of rotatable bonds is 4. The number of nitrogens with zero attached hydrogens (tertiary/aromatic N) is 2. The zero-order valence-electron chi connectivity index (χ0n) is 18.8. The quantitative estimate of drug-likeness (QED) is 0.200. The third kappa shape index (κ3) is 3.65. The molecule has 170 valence electrons. The Morgan fingerprint density at radius 2 is 1.88 bits per heavy atom. The van der Waals surface area contributed by atoms with Gasteiger partial charge in [-0.15, -0.1) is 11.3 Å². The highest BCUT2D eigenvalue weighted by atomic mass is 32.2. The zero-order valence-corrected chi connectivity index (χ0v) is 20.4. The number of hydrogen-bond donors (Lipinski definition) is 0. The number of thiophene rings is 1. The Hall–Kier alpha value is -2.96. The molecule has 1 unspecified atom stereocenters. The lowest BCUT2D eigenvalue weighted by Crippen LogP contribution is -2.23. The summed E-state index contributed by atoms with van der Waals surface area (Å²) in [5.41, 5.74) is 2.37. The lowest BCUT2D eigenvalue weighted by molar-refractivity contribution is 0.509. The van der Waals surface area contributed by atoms with E-state index in [2.05, 4.69) is 31.2 Å². The maximum absolute atomic E-state index is 14.9. The summed E-state index contributed by atoms with van der Waals surface area (Å²) < 4.78 is 16.4. The first-order valence-corrected chi connectivity index (χ1v) is 13.3. The fourth-order valence-electron chi connectivity index (χ4n) is 4.87. The van der Waals surface area contributed by atoms with Crippen molar-refractivity contribution in [1.82, 2.24) is 9.55 Å². The molecule has 6 rings (SSSR count). The third-order valence-electron chi connectivity index (χ3n) is 6.63. The van der Waals surface area contributed by atoms with Crippen molar-refractivity contribution in [1.29, 1.82) is 0 Å². The summed E-state index contributed by atoms with van der Waals surface area (Å²) in [7, 11) is 0. The summed E-state index contributed by atoms with van der Waals surface area (Å²) in [5.74, 6) is 0.820. The first-order valence-electron chi connectivity index (χ1n) is 11.5. The molecule has 0 amide bonds. The molecule has 2 aromatic heterocycles. The van der Waals surface area contributed by atoms with Gasteiger partial charge < -0.3 is 0 Å². The molecule has 0 spiro atoms. The molecular weight excluding hydrogens is 463 g/mol. The van der Waals surface area contributed by atoms with Crippen LogP contribution in [0.15, 0.2) is 76.7 Å². The van der Waals surface area contributed by atoms with E-state index in [4.69, 9.17) is 4.98 Å². The smallest absolute Gasteiger partial charge is 0.267 e. The second-order valence-electron chi connectivity index (χ2n) is 8.95. The van der Waals surface area contributed by atoms with Crippen LogP contribution >= 0.6 is 23.1 Å². The van der Waals surface area contributed by atoms with Crippen LogP contribution in [0.25, 0.3) is 26.7 Å². The Morgan fingerprint density at radius 3 is 2.76 bits per heavy atom. The minimum absolute atomic E-state index is 0.164. The van der Waals surface area contributed by atoms with Gasteiger partial charge in [0.05, 0.1) is 11.1 Å². The lowest BCUT2D eigenvalue weighted by Gasteiger charge is -2.18. The molecule has 3 aromatic carbocycles. The van der Waals surface area contributed by atoms with Crippen LogP contribution in [0.2, 0.25) is 0 Å². The van der Waals surface area contributed by atoms with Crippen molar-refractivity contribution in [3.05, 3.63) is 98.9 Å². The molecular formula is C28H23FN2OS2. The van der Waals surface area contributed by atoms with Crippen molar-refractivity contribution in [2.75, 3.05) is 0 Å². The third-order valence-corrected chi connectivity index (χ3v) is 8.76. The van der Waals surface area contributed by atoms with E-state index in [0.29, 0.717) is 22.2 Å². The summed E-state index contributed by atoms with van der Waals surface area (Å²) in [6, 6.07) is 21.0. The Balaban J connectivity index is 1.52. The van der Waals surface area contributed by atoms with E-state index in [9.17, 15) is 9.18 Å². The Labute approximate surface area is 205 Å². The standard InChI is InChI=1S/C28H23FN2OS2/c1-17-13-14-21-24(15-17)34-26-25(21)27(32)31(23-12-5-4-11-22(23)29)28(30-26)33-16-19-9-6-8-18-7-2-3-10-20(18)19/h2-12,17H,13-16H2,1H3. The SMILES string of the molecule is CC1CCc2c(sc3nc(SCc4cccc5ccccc45)n(-c4ccccc4F)c(=O)c23)C1. The van der Waals surface area contributed by atoms with Gasteiger partial charge in [-0.1, -0.05) is 73.3 Å². The van der Waals surface area contributed by atoms with Crippen LogP contribution in [-0.2, 0) is 18.6 Å². The van der Waals surface area contributed by atoms with Crippen LogP contribution in [0.4, 0.5) is 4.39 Å². The molecule has 0 fully saturated rings. The predicted molar refractivity (Wildman–Crippen MR) is 140 cm³/mol. The summed E-state index contributed by atoms with van der Waals surface area (Å²) in [5, 5.41) is 3.56. The summed E-state index contributed by atoms with van der Waals surface area (Å²) in [6.45, 7) is 2.25. The molecule has 1 aliphatic carbocycles. The number of hydrogen-bond acceptors (Lipinski definition) is 4. The molecule has 5 aromatic rings. The van der Waals surface area contributed by atoms with Gasteiger partial charge in [-0.2, -0.15) is 0 Å². The monoisotopic (exact) mass is 486 g/mol. The molecule has 34 heavy (non-hydrogen) atoms. The number of para-hydroxylation sites is 1. The van der Waals surface area contributed by atoms with Crippen LogP contribution in [-0.4, -0.2) is 9.55 Å². The van der Waals surface area contributed by atoms with Crippen LogP contribution in [0.5, 0.6) is 0 Å². The molecule has 6 heteroatoms. The molecule has 0 aliphatic heterocycles. The molecule has 0 bridgehead atoms. The van der Waals surface area contributed by atoms with Crippen molar-refractivity contribution in [2.45, 2.75) is 37.1 Å². The summed E-state index contributed by atoms with van der Waals surface area (Å²) >= 11 is 3.12. The second kappa shape index (κ2) is 8.67. The topological polar surface area (TPSA) is 34.9 Å². The van der Waals surface area contributed by atoms with Gasteiger partial charge in [0.25, 0.3) is 5.56 Å². The molecule has 3 nitrogen and oxygen atoms in total. The first-order chi connectivity index (χ1) is 16.6. The van der Waals surface area contributed by atoms with Crippen LogP contribution < -0.4 is 5.56 Å². The highest BCUT2D eigenvalue weighted by Crippen LogP contribution is 2.37. The van der Waals surface area contributed by atoms with Gasteiger partial charge in [-0.05, 0) is 59.2 Å². The molecule has 2 heterocycles. The predicted octanol–water partition coefficient (Wildman–Crippen LogP) is 7.16. The first kappa shape index (κ1) is 21.6. The van der Waals surface area contributed by atoms with E-state index in [0.717, 1.165) is 35.2 Å². The maximum Gasteiger partial charge on any atom is 0.267 e. The van der Waals surface area contributed by atoms with Crippen LogP contribution in [0, 0.1) is 11.7 Å². The van der Waals surface area contributed by atoms with Gasteiger partial charge in [0.15, 0.2) is 5.16 Å². The van der Waals surface area contributed by atoms with Crippen LogP contribution in [0.1, 0.15) is 29.3 Å². The normalized spacial score (nSPS) is 15.6. The van der Waals surface area contributed by atoms with Gasteiger partial charge in [-0.25, -0.2) is 9.37 Å². The largest absolute Gasteiger partial charge is 0.268 e. The lowest BCUT2D eigenvalue weighted by atomic mass is 9.89. The van der Waals surface area contributed by atoms with E-state index in [1.54, 1.807) is 29.5 Å². The number of aryl methyl sites for hydroxylation is 1. The summed E-state index contributed by atoms with van der Waals surface area (Å²) in [6.07, 6.45) is 2.93. The molecule has 0 N–H and O–H groups in total. The van der Waals surface area contributed by atoms with Crippen molar-refractivity contribution in [3.8, 4) is 5.69 Å². The van der Waals surface area contributed by atoms with E-state index in [1.807, 2.05) is 18.2 Å². The minimum Gasteiger partial charge on any atom is -0.268 e. The van der Waals surface area contributed by atoms with Crippen molar-refractivity contribution < 1.29 is 4.39 Å². The van der Waals surface area contributed by atoms with Gasteiger partial charge in [0.2, 0.25) is 0 Å². The fourth-order valence-corrected chi connectivity index (χ4v) is 7.31. The Morgan fingerprint density at radius 1 is 1.09 bits per heavy atom. The fraction of sp³-hybridized carbons (Fsp3) is 0.214. The Kier molecular flexibility index (Phi) is 5.50. The van der Waals surface area contributed by atoms with E-state index in [1.165, 1.54) is 38.0 Å². The van der Waals surface area contributed by atoms with Crippen molar-refractivity contribution in [3.63, 3.8) is 0 Å². The average Bonchev–Trinajstić information content (AvgIpc) is 3.21. The number of aromatic nitrogens is 2. The zero-order chi connectivity index (χ0) is 23.2. The minimum atomic E-state index is -0.421. The number of thioether (sulfide) groups is 1.